The Morgan fingerprint density at radius 1 is 1.53 bits per heavy atom. The van der Waals surface area contributed by atoms with E-state index in [1.165, 1.54) is 0 Å². The highest BCUT2D eigenvalue weighted by atomic mass is 79.9. The predicted octanol–water partition coefficient (Wildman–Crippen LogP) is 2.12. The Morgan fingerprint density at radius 3 is 3.00 bits per heavy atom. The molecule has 0 atom stereocenters. The summed E-state index contributed by atoms with van der Waals surface area (Å²) in [5.74, 6) is 1.03. The third-order valence-corrected chi connectivity index (χ3v) is 3.37. The van der Waals surface area contributed by atoms with Crippen molar-refractivity contribution in [1.82, 2.24) is 14.3 Å². The SMILES string of the molecule is CC(=O)N(C)CCc1nc(Br)c2ccccn12. The van der Waals surface area contributed by atoms with E-state index in [1.54, 1.807) is 18.9 Å². The number of halogens is 1. The van der Waals surface area contributed by atoms with Gasteiger partial charge >= 0.3 is 0 Å². The minimum atomic E-state index is 0.0740. The molecule has 0 N–H and O–H groups in total. The lowest BCUT2D eigenvalue weighted by atomic mass is 10.3. The van der Waals surface area contributed by atoms with E-state index in [1.807, 2.05) is 28.8 Å². The summed E-state index contributed by atoms with van der Waals surface area (Å²) >= 11 is 3.44. The molecule has 2 rings (SSSR count). The number of aromatic nitrogens is 2. The first-order chi connectivity index (χ1) is 8.09. The van der Waals surface area contributed by atoms with Gasteiger partial charge in [-0.3, -0.25) is 4.79 Å². The molecule has 0 aliphatic carbocycles. The van der Waals surface area contributed by atoms with Crippen LogP contribution in [0.4, 0.5) is 0 Å². The van der Waals surface area contributed by atoms with Gasteiger partial charge in [0.1, 0.15) is 10.4 Å². The van der Waals surface area contributed by atoms with Crippen molar-refractivity contribution in [2.75, 3.05) is 13.6 Å². The maximum atomic E-state index is 11.1. The monoisotopic (exact) mass is 295 g/mol. The van der Waals surface area contributed by atoms with Gasteiger partial charge in [-0.1, -0.05) is 6.07 Å². The van der Waals surface area contributed by atoms with Gasteiger partial charge in [-0.2, -0.15) is 0 Å². The molecule has 5 heteroatoms. The number of hydrogen-bond acceptors (Lipinski definition) is 2. The molecule has 0 unspecified atom stereocenters. The topological polar surface area (TPSA) is 37.6 Å². The van der Waals surface area contributed by atoms with Crippen molar-refractivity contribution >= 4 is 27.4 Å². The number of amides is 1. The molecule has 2 aromatic heterocycles. The van der Waals surface area contributed by atoms with Crippen LogP contribution in [-0.4, -0.2) is 33.8 Å². The Hall–Kier alpha value is -1.36. The molecule has 0 aromatic carbocycles. The number of fused-ring (bicyclic) bond motifs is 1. The Labute approximate surface area is 108 Å². The van der Waals surface area contributed by atoms with Gasteiger partial charge in [-0.15, -0.1) is 0 Å². The minimum absolute atomic E-state index is 0.0740. The third-order valence-electron chi connectivity index (χ3n) is 2.78. The van der Waals surface area contributed by atoms with Crippen molar-refractivity contribution < 1.29 is 4.79 Å². The molecule has 0 fully saturated rings. The molecule has 0 saturated heterocycles. The van der Waals surface area contributed by atoms with Crippen LogP contribution in [0.2, 0.25) is 0 Å². The van der Waals surface area contributed by atoms with Gasteiger partial charge in [0, 0.05) is 33.1 Å². The minimum Gasteiger partial charge on any atom is -0.346 e. The first-order valence-electron chi connectivity index (χ1n) is 5.43. The maximum absolute atomic E-state index is 11.1. The fraction of sp³-hybridized carbons (Fsp3) is 0.333. The molecule has 1 amide bonds. The zero-order valence-electron chi connectivity index (χ0n) is 9.85. The van der Waals surface area contributed by atoms with E-state index < -0.39 is 0 Å². The molecule has 0 spiro atoms. The van der Waals surface area contributed by atoms with Crippen molar-refractivity contribution in [3.05, 3.63) is 34.8 Å². The number of pyridine rings is 1. The number of rotatable bonds is 3. The van der Waals surface area contributed by atoms with Gasteiger partial charge < -0.3 is 9.30 Å². The highest BCUT2D eigenvalue weighted by molar-refractivity contribution is 9.10. The molecule has 0 radical (unpaired) electrons. The average molecular weight is 296 g/mol. The largest absolute Gasteiger partial charge is 0.346 e. The van der Waals surface area contributed by atoms with Crippen LogP contribution in [0.15, 0.2) is 29.0 Å². The second kappa shape index (κ2) is 4.87. The lowest BCUT2D eigenvalue weighted by Crippen LogP contribution is -2.26. The molecule has 4 nitrogen and oxygen atoms in total. The van der Waals surface area contributed by atoms with Crippen molar-refractivity contribution in [1.29, 1.82) is 0 Å². The smallest absolute Gasteiger partial charge is 0.219 e. The van der Waals surface area contributed by atoms with Gasteiger partial charge in [0.2, 0.25) is 5.91 Å². The molecular formula is C12H14BrN3O. The summed E-state index contributed by atoms with van der Waals surface area (Å²) in [6.07, 6.45) is 2.73. The number of nitrogens with zero attached hydrogens (tertiary/aromatic N) is 3. The first-order valence-corrected chi connectivity index (χ1v) is 6.22. The number of carbonyl (C=O) groups excluding carboxylic acids is 1. The van der Waals surface area contributed by atoms with Gasteiger partial charge in [-0.05, 0) is 28.1 Å². The van der Waals surface area contributed by atoms with Crippen LogP contribution in [-0.2, 0) is 11.2 Å². The van der Waals surface area contributed by atoms with E-state index in [9.17, 15) is 4.79 Å². The average Bonchev–Trinajstić information content (AvgIpc) is 2.64. The molecule has 2 heterocycles. The second-order valence-corrected chi connectivity index (χ2v) is 4.72. The van der Waals surface area contributed by atoms with E-state index in [-0.39, 0.29) is 5.91 Å². The van der Waals surface area contributed by atoms with Crippen LogP contribution in [0.5, 0.6) is 0 Å². The maximum Gasteiger partial charge on any atom is 0.219 e. The Bertz CT molecular complexity index is 550. The molecular weight excluding hydrogens is 282 g/mol. The summed E-state index contributed by atoms with van der Waals surface area (Å²) in [7, 11) is 1.80. The quantitative estimate of drug-likeness (QED) is 0.870. The van der Waals surface area contributed by atoms with Crippen molar-refractivity contribution in [2.24, 2.45) is 0 Å². The van der Waals surface area contributed by atoms with E-state index in [0.717, 1.165) is 22.4 Å². The number of hydrogen-bond donors (Lipinski definition) is 0. The van der Waals surface area contributed by atoms with Crippen molar-refractivity contribution in [3.8, 4) is 0 Å². The number of carbonyl (C=O) groups is 1. The molecule has 17 heavy (non-hydrogen) atoms. The van der Waals surface area contributed by atoms with Crippen molar-refractivity contribution in [2.45, 2.75) is 13.3 Å². The van der Waals surface area contributed by atoms with Crippen LogP contribution in [0.1, 0.15) is 12.7 Å². The highest BCUT2D eigenvalue weighted by Gasteiger charge is 2.09. The first kappa shape index (κ1) is 12.1. The second-order valence-electron chi connectivity index (χ2n) is 3.97. The zero-order valence-corrected chi connectivity index (χ0v) is 11.4. The third kappa shape index (κ3) is 2.49. The summed E-state index contributed by atoms with van der Waals surface area (Å²) in [4.78, 5) is 17.3. The fourth-order valence-corrected chi connectivity index (χ4v) is 2.19. The standard InChI is InChI=1S/C12H14BrN3O/c1-9(17)15(2)8-6-11-14-12(13)10-5-3-4-7-16(10)11/h3-5,7H,6,8H2,1-2H3. The Morgan fingerprint density at radius 2 is 2.29 bits per heavy atom. The summed E-state index contributed by atoms with van der Waals surface area (Å²) in [5.41, 5.74) is 1.05. The fourth-order valence-electron chi connectivity index (χ4n) is 1.66. The van der Waals surface area contributed by atoms with Crippen LogP contribution < -0.4 is 0 Å². The van der Waals surface area contributed by atoms with Crippen molar-refractivity contribution in [3.63, 3.8) is 0 Å². The van der Waals surface area contributed by atoms with Gasteiger partial charge in [0.15, 0.2) is 0 Å². The highest BCUT2D eigenvalue weighted by Crippen LogP contribution is 2.18. The number of imidazole rings is 1. The van der Waals surface area contributed by atoms with Crippen LogP contribution in [0.25, 0.3) is 5.52 Å². The number of likely N-dealkylation sites (N-methyl/N-ethyl adjacent to an activating group) is 1. The lowest BCUT2D eigenvalue weighted by molar-refractivity contribution is -0.127. The Kier molecular flexibility index (Phi) is 3.47. The molecule has 90 valence electrons. The predicted molar refractivity (Wildman–Crippen MR) is 69.9 cm³/mol. The summed E-state index contributed by atoms with van der Waals surface area (Å²) in [6, 6.07) is 5.96. The van der Waals surface area contributed by atoms with Gasteiger partial charge in [0.25, 0.3) is 0 Å². The molecule has 0 aliphatic rings. The van der Waals surface area contributed by atoms with Gasteiger partial charge in [-0.25, -0.2) is 4.98 Å². The molecule has 0 bridgehead atoms. The summed E-state index contributed by atoms with van der Waals surface area (Å²) < 4.78 is 2.89. The Balaban J connectivity index is 2.22. The zero-order chi connectivity index (χ0) is 12.4. The van der Waals surface area contributed by atoms with E-state index >= 15 is 0 Å². The summed E-state index contributed by atoms with van der Waals surface area (Å²) in [6.45, 7) is 2.25. The van der Waals surface area contributed by atoms with Gasteiger partial charge in [0.05, 0.1) is 5.52 Å². The van der Waals surface area contributed by atoms with E-state index in [4.69, 9.17) is 0 Å². The van der Waals surface area contributed by atoms with E-state index in [2.05, 4.69) is 20.9 Å². The molecule has 2 aromatic rings. The van der Waals surface area contributed by atoms with E-state index in [0.29, 0.717) is 6.54 Å². The molecule has 0 aliphatic heterocycles. The summed E-state index contributed by atoms with van der Waals surface area (Å²) in [5, 5.41) is 0. The normalized spacial score (nSPS) is 10.8. The lowest BCUT2D eigenvalue weighted by Gasteiger charge is -2.13. The molecule has 0 saturated carbocycles. The van der Waals surface area contributed by atoms with Crippen LogP contribution in [0, 0.1) is 0 Å². The van der Waals surface area contributed by atoms with Crippen LogP contribution >= 0.6 is 15.9 Å². The van der Waals surface area contributed by atoms with Crippen LogP contribution in [0.3, 0.4) is 0 Å².